The summed E-state index contributed by atoms with van der Waals surface area (Å²) in [5, 5.41) is 0. The summed E-state index contributed by atoms with van der Waals surface area (Å²) >= 11 is 0. The van der Waals surface area contributed by atoms with Crippen molar-refractivity contribution in [1.29, 1.82) is 0 Å². The van der Waals surface area contributed by atoms with Gasteiger partial charge in [-0.15, -0.1) is 0 Å². The van der Waals surface area contributed by atoms with Crippen molar-refractivity contribution in [1.82, 2.24) is 10.5 Å². The summed E-state index contributed by atoms with van der Waals surface area (Å²) in [5.74, 6) is 4.58. The van der Waals surface area contributed by atoms with Crippen molar-refractivity contribution in [2.24, 2.45) is 5.84 Å². The average Bonchev–Trinajstić information content (AvgIpc) is 2.28. The molecule has 1 atom stereocenters. The predicted molar refractivity (Wildman–Crippen MR) is 64.3 cm³/mol. The molecule has 0 radical (unpaired) electrons. The van der Waals surface area contributed by atoms with Crippen LogP contribution in [0.1, 0.15) is 46.5 Å². The number of hydrogen-bond donors (Lipinski definition) is 2. The summed E-state index contributed by atoms with van der Waals surface area (Å²) in [4.78, 5) is 17.9. The molecule has 0 aromatic carbocycles. The fraction of sp³-hybridized carbons (Fsp3) is 0.909. The van der Waals surface area contributed by atoms with Gasteiger partial charge in [0.2, 0.25) is 0 Å². The zero-order valence-electron chi connectivity index (χ0n) is 10.7. The van der Waals surface area contributed by atoms with Gasteiger partial charge in [-0.2, -0.15) is 0 Å². The molecule has 0 heterocycles. The molecule has 1 unspecified atom stereocenters. The van der Waals surface area contributed by atoms with Gasteiger partial charge in [0.15, 0.2) is 0 Å². The Morgan fingerprint density at radius 2 is 2.12 bits per heavy atom. The van der Waals surface area contributed by atoms with Crippen molar-refractivity contribution >= 4 is 5.97 Å². The lowest BCUT2D eigenvalue weighted by molar-refractivity contribution is -0.151. The van der Waals surface area contributed by atoms with Gasteiger partial charge >= 0.3 is 5.97 Å². The van der Waals surface area contributed by atoms with Gasteiger partial charge in [0.1, 0.15) is 0 Å². The van der Waals surface area contributed by atoms with Gasteiger partial charge in [-0.25, -0.2) is 5.84 Å². The molecule has 96 valence electrons. The fourth-order valence-electron chi connectivity index (χ4n) is 1.52. The Morgan fingerprint density at radius 3 is 2.62 bits per heavy atom. The lowest BCUT2D eigenvalue weighted by atomic mass is 10.2. The van der Waals surface area contributed by atoms with E-state index in [1.54, 1.807) is 0 Å². The molecular formula is C11H25N3O2. The molecule has 0 aromatic heterocycles. The molecule has 0 aliphatic heterocycles. The molecule has 0 saturated heterocycles. The van der Waals surface area contributed by atoms with Crippen molar-refractivity contribution in [3.63, 3.8) is 0 Å². The largest absolute Gasteiger partial charge is 0.356 e. The Balaban J connectivity index is 3.95. The fourth-order valence-corrected chi connectivity index (χ4v) is 1.52. The van der Waals surface area contributed by atoms with E-state index in [-0.39, 0.29) is 5.97 Å². The van der Waals surface area contributed by atoms with Gasteiger partial charge in [0.05, 0.1) is 6.42 Å². The Hall–Kier alpha value is -0.650. The molecule has 0 fully saturated rings. The molecule has 5 heteroatoms. The third-order valence-electron chi connectivity index (χ3n) is 2.79. The van der Waals surface area contributed by atoms with Crippen LogP contribution in [-0.2, 0) is 9.63 Å². The van der Waals surface area contributed by atoms with Crippen molar-refractivity contribution in [3.8, 4) is 0 Å². The van der Waals surface area contributed by atoms with E-state index in [1.807, 2.05) is 5.59 Å². The van der Waals surface area contributed by atoms with Crippen molar-refractivity contribution in [2.75, 3.05) is 13.1 Å². The number of nitrogens with one attached hydrogen (secondary N) is 1. The number of carbonyl (C=O) groups excluding carboxylic acids is 1. The highest BCUT2D eigenvalue weighted by Crippen LogP contribution is 2.06. The monoisotopic (exact) mass is 231 g/mol. The first-order chi connectivity index (χ1) is 7.65. The summed E-state index contributed by atoms with van der Waals surface area (Å²) in [7, 11) is 0. The van der Waals surface area contributed by atoms with Gasteiger partial charge in [-0.3, -0.25) is 4.79 Å². The minimum atomic E-state index is -0.313. The second-order valence-corrected chi connectivity index (χ2v) is 3.99. The highest BCUT2D eigenvalue weighted by atomic mass is 16.7. The van der Waals surface area contributed by atoms with E-state index in [0.29, 0.717) is 12.5 Å². The average molecular weight is 231 g/mol. The van der Waals surface area contributed by atoms with E-state index in [4.69, 9.17) is 5.84 Å². The molecule has 0 bridgehead atoms. The van der Waals surface area contributed by atoms with Crippen LogP contribution in [0, 0.1) is 0 Å². The smallest absolute Gasteiger partial charge is 0.327 e. The lowest BCUT2D eigenvalue weighted by Crippen LogP contribution is -2.36. The van der Waals surface area contributed by atoms with Gasteiger partial charge in [0.25, 0.3) is 0 Å². The second kappa shape index (κ2) is 9.57. The van der Waals surface area contributed by atoms with Gasteiger partial charge in [-0.05, 0) is 26.3 Å². The van der Waals surface area contributed by atoms with E-state index in [0.717, 1.165) is 25.9 Å². The molecular weight excluding hydrogens is 206 g/mol. The summed E-state index contributed by atoms with van der Waals surface area (Å²) in [6, 6.07) is 0.505. The zero-order chi connectivity index (χ0) is 12.4. The highest BCUT2D eigenvalue weighted by molar-refractivity contribution is 5.69. The third-order valence-corrected chi connectivity index (χ3v) is 2.79. The molecule has 0 aliphatic rings. The number of nitrogens with two attached hydrogens (primary N) is 1. The van der Waals surface area contributed by atoms with E-state index < -0.39 is 0 Å². The number of carbonyl (C=O) groups is 1. The van der Waals surface area contributed by atoms with Crippen LogP contribution in [0.2, 0.25) is 0 Å². The van der Waals surface area contributed by atoms with Gasteiger partial charge in [0, 0.05) is 12.6 Å². The Bertz CT molecular complexity index is 188. The number of unbranched alkanes of at least 4 members (excludes halogenated alkanes) is 1. The number of hydrazine groups is 1. The van der Waals surface area contributed by atoms with Crippen LogP contribution in [0.5, 0.6) is 0 Å². The number of rotatable bonds is 9. The molecule has 16 heavy (non-hydrogen) atoms. The van der Waals surface area contributed by atoms with E-state index in [2.05, 4.69) is 30.5 Å². The Morgan fingerprint density at radius 1 is 1.44 bits per heavy atom. The maximum Gasteiger partial charge on any atom is 0.327 e. The zero-order valence-corrected chi connectivity index (χ0v) is 10.7. The molecule has 0 saturated carbocycles. The first kappa shape index (κ1) is 15.3. The SMILES string of the molecule is CCCCN(CCC(=O)ONN)C(C)CC. The number of hydrogen-bond acceptors (Lipinski definition) is 5. The normalized spacial score (nSPS) is 12.8. The highest BCUT2D eigenvalue weighted by Gasteiger charge is 2.13. The molecule has 3 N–H and O–H groups in total. The van der Waals surface area contributed by atoms with Crippen LogP contribution < -0.4 is 11.4 Å². The molecule has 0 aliphatic carbocycles. The Kier molecular flexibility index (Phi) is 9.18. The third kappa shape index (κ3) is 6.76. The lowest BCUT2D eigenvalue weighted by Gasteiger charge is -2.27. The van der Waals surface area contributed by atoms with Crippen molar-refractivity contribution in [3.05, 3.63) is 0 Å². The second-order valence-electron chi connectivity index (χ2n) is 3.99. The van der Waals surface area contributed by atoms with Crippen LogP contribution in [0.3, 0.4) is 0 Å². The minimum absolute atomic E-state index is 0.313. The summed E-state index contributed by atoms with van der Waals surface area (Å²) in [5.41, 5.74) is 1.91. The van der Waals surface area contributed by atoms with Crippen molar-refractivity contribution in [2.45, 2.75) is 52.5 Å². The van der Waals surface area contributed by atoms with Crippen LogP contribution in [-0.4, -0.2) is 30.0 Å². The van der Waals surface area contributed by atoms with Gasteiger partial charge < -0.3 is 9.74 Å². The first-order valence-corrected chi connectivity index (χ1v) is 6.05. The molecule has 5 nitrogen and oxygen atoms in total. The topological polar surface area (TPSA) is 67.6 Å². The molecule has 0 aromatic rings. The maximum absolute atomic E-state index is 11.1. The van der Waals surface area contributed by atoms with Crippen LogP contribution in [0.25, 0.3) is 0 Å². The molecule has 0 amide bonds. The van der Waals surface area contributed by atoms with Gasteiger partial charge in [-0.1, -0.05) is 25.9 Å². The van der Waals surface area contributed by atoms with Crippen LogP contribution in [0.4, 0.5) is 0 Å². The van der Waals surface area contributed by atoms with E-state index in [9.17, 15) is 4.79 Å². The van der Waals surface area contributed by atoms with Crippen LogP contribution >= 0.6 is 0 Å². The van der Waals surface area contributed by atoms with E-state index in [1.165, 1.54) is 6.42 Å². The summed E-state index contributed by atoms with van der Waals surface area (Å²) in [6.45, 7) is 8.28. The standard InChI is InChI=1S/C11H25N3O2/c1-4-6-8-14(10(3)5-2)9-7-11(15)16-13-12/h10,13H,4-9,12H2,1-3H3. The summed E-state index contributed by atoms with van der Waals surface area (Å²) in [6.07, 6.45) is 3.79. The first-order valence-electron chi connectivity index (χ1n) is 6.05. The molecule has 0 rings (SSSR count). The maximum atomic E-state index is 11.1. The summed E-state index contributed by atoms with van der Waals surface area (Å²) < 4.78 is 0. The van der Waals surface area contributed by atoms with E-state index >= 15 is 0 Å². The van der Waals surface area contributed by atoms with Crippen molar-refractivity contribution < 1.29 is 9.63 Å². The van der Waals surface area contributed by atoms with Crippen LogP contribution in [0.15, 0.2) is 0 Å². The molecule has 0 spiro atoms. The Labute approximate surface area is 98.2 Å². The quantitative estimate of drug-likeness (QED) is 0.461. The number of nitrogens with zero attached hydrogens (tertiary/aromatic N) is 1. The predicted octanol–water partition coefficient (Wildman–Crippen LogP) is 1.20. The minimum Gasteiger partial charge on any atom is -0.356 e.